The summed E-state index contributed by atoms with van der Waals surface area (Å²) in [6.45, 7) is 3.32. The number of nitrogens with one attached hydrogen (secondary N) is 1. The Kier molecular flexibility index (Phi) is 4.82. The number of hydrogen-bond donors (Lipinski definition) is 1. The van der Waals surface area contributed by atoms with E-state index in [9.17, 15) is 9.59 Å². The van der Waals surface area contributed by atoms with Crippen LogP contribution in [0.15, 0.2) is 10.9 Å². The summed E-state index contributed by atoms with van der Waals surface area (Å²) in [6, 6.07) is 1.43. The predicted molar refractivity (Wildman–Crippen MR) is 77.4 cm³/mol. The van der Waals surface area contributed by atoms with E-state index in [1.54, 1.807) is 4.57 Å². The highest BCUT2D eigenvalue weighted by atomic mass is 16.5. The first kappa shape index (κ1) is 14.6. The predicted octanol–water partition coefficient (Wildman–Crippen LogP) is 1.72. The summed E-state index contributed by atoms with van der Waals surface area (Å²) in [5.41, 5.74) is 1.27. The van der Waals surface area contributed by atoms with E-state index < -0.39 is 0 Å². The summed E-state index contributed by atoms with van der Waals surface area (Å²) in [5, 5.41) is 2.88. The number of carbonyl (C=O) groups excluding carboxylic acids is 1. The molecule has 0 unspecified atom stereocenters. The van der Waals surface area contributed by atoms with Gasteiger partial charge in [-0.05, 0) is 25.7 Å². The minimum atomic E-state index is -0.144. The summed E-state index contributed by atoms with van der Waals surface area (Å²) in [6.07, 6.45) is 4.69. The molecule has 0 radical (unpaired) electrons. The van der Waals surface area contributed by atoms with Crippen molar-refractivity contribution in [2.45, 2.75) is 45.6 Å². The molecule has 0 aromatic carbocycles. The van der Waals surface area contributed by atoms with Crippen molar-refractivity contribution in [3.8, 4) is 5.75 Å². The van der Waals surface area contributed by atoms with E-state index in [0.29, 0.717) is 24.4 Å². The molecule has 0 saturated heterocycles. The third-order valence-electron chi connectivity index (χ3n) is 3.66. The summed E-state index contributed by atoms with van der Waals surface area (Å²) < 4.78 is 6.99. The van der Waals surface area contributed by atoms with Crippen LogP contribution in [-0.4, -0.2) is 24.1 Å². The maximum atomic E-state index is 12.4. The Balaban J connectivity index is 2.52. The fourth-order valence-electron chi connectivity index (χ4n) is 2.65. The van der Waals surface area contributed by atoms with Crippen LogP contribution in [0, 0.1) is 0 Å². The van der Waals surface area contributed by atoms with Gasteiger partial charge >= 0.3 is 0 Å². The molecule has 0 bridgehead atoms. The maximum absolute atomic E-state index is 12.4. The summed E-state index contributed by atoms with van der Waals surface area (Å²) in [7, 11) is 1.50. The second-order valence-corrected chi connectivity index (χ2v) is 5.09. The van der Waals surface area contributed by atoms with Gasteiger partial charge in [-0.3, -0.25) is 9.59 Å². The second-order valence-electron chi connectivity index (χ2n) is 5.09. The van der Waals surface area contributed by atoms with Crippen LogP contribution in [0.2, 0.25) is 0 Å². The minimum absolute atomic E-state index is 0.0780. The van der Waals surface area contributed by atoms with Crippen LogP contribution in [0.5, 0.6) is 5.75 Å². The average Bonchev–Trinajstić information content (AvgIpc) is 2.70. The second kappa shape index (κ2) is 6.59. The molecule has 0 atom stereocenters. The molecule has 2 heterocycles. The smallest absolute Gasteiger partial charge is 0.256 e. The van der Waals surface area contributed by atoms with Gasteiger partial charge in [-0.25, -0.2) is 0 Å². The first-order chi connectivity index (χ1) is 9.69. The van der Waals surface area contributed by atoms with Crippen molar-refractivity contribution in [3.05, 3.63) is 27.7 Å². The van der Waals surface area contributed by atoms with Crippen molar-refractivity contribution in [1.82, 2.24) is 9.88 Å². The maximum Gasteiger partial charge on any atom is 0.256 e. The first-order valence-electron chi connectivity index (χ1n) is 7.28. The largest absolute Gasteiger partial charge is 0.496 e. The fraction of sp³-hybridized carbons (Fsp3) is 0.600. The molecule has 0 aliphatic carbocycles. The lowest BCUT2D eigenvalue weighted by Gasteiger charge is -2.17. The molecule has 1 aliphatic heterocycles. The lowest BCUT2D eigenvalue weighted by molar-refractivity contribution is 0.0948. The number of rotatable bonds is 4. The van der Waals surface area contributed by atoms with Gasteiger partial charge in [-0.15, -0.1) is 0 Å². The highest BCUT2D eigenvalue weighted by Gasteiger charge is 2.22. The number of methoxy groups -OCH3 is 1. The first-order valence-corrected chi connectivity index (χ1v) is 7.28. The number of hydrogen-bond acceptors (Lipinski definition) is 3. The zero-order valence-electron chi connectivity index (χ0n) is 12.2. The van der Waals surface area contributed by atoms with Crippen LogP contribution in [0.1, 0.15) is 48.7 Å². The Morgan fingerprint density at radius 3 is 2.90 bits per heavy atom. The lowest BCUT2D eigenvalue weighted by atomic mass is 10.1. The van der Waals surface area contributed by atoms with Gasteiger partial charge in [0.15, 0.2) is 0 Å². The van der Waals surface area contributed by atoms with E-state index in [1.807, 2.05) is 6.92 Å². The molecule has 0 fully saturated rings. The minimum Gasteiger partial charge on any atom is -0.496 e. The van der Waals surface area contributed by atoms with Gasteiger partial charge in [0.05, 0.1) is 7.11 Å². The van der Waals surface area contributed by atoms with Crippen molar-refractivity contribution in [2.75, 3.05) is 13.7 Å². The molecule has 110 valence electrons. The summed E-state index contributed by atoms with van der Waals surface area (Å²) >= 11 is 0. The van der Waals surface area contributed by atoms with Crippen LogP contribution >= 0.6 is 0 Å². The van der Waals surface area contributed by atoms with Crippen LogP contribution in [-0.2, 0) is 13.0 Å². The van der Waals surface area contributed by atoms with Gasteiger partial charge in [0.2, 0.25) is 0 Å². The number of aromatic nitrogens is 1. The van der Waals surface area contributed by atoms with Crippen LogP contribution in [0.25, 0.3) is 0 Å². The lowest BCUT2D eigenvalue weighted by Crippen LogP contribution is -2.31. The van der Waals surface area contributed by atoms with Gasteiger partial charge in [0.1, 0.15) is 11.3 Å². The van der Waals surface area contributed by atoms with Crippen LogP contribution in [0.4, 0.5) is 0 Å². The normalized spacial score (nSPS) is 14.3. The third-order valence-corrected chi connectivity index (χ3v) is 3.66. The third kappa shape index (κ3) is 2.86. The Bertz CT molecular complexity index is 549. The number of fused-ring (bicyclic) bond motifs is 1. The van der Waals surface area contributed by atoms with E-state index in [2.05, 4.69) is 5.32 Å². The van der Waals surface area contributed by atoms with E-state index in [0.717, 1.165) is 37.8 Å². The summed E-state index contributed by atoms with van der Waals surface area (Å²) in [5.74, 6) is 0.242. The zero-order chi connectivity index (χ0) is 14.5. The molecule has 5 nitrogen and oxygen atoms in total. The highest BCUT2D eigenvalue weighted by molar-refractivity contribution is 5.98. The molecule has 1 N–H and O–H groups in total. The molecule has 1 amide bonds. The molecular formula is C15H22N2O3. The molecule has 0 saturated carbocycles. The molecule has 1 aromatic heterocycles. The van der Waals surface area contributed by atoms with Crippen LogP contribution in [0.3, 0.4) is 0 Å². The van der Waals surface area contributed by atoms with Crippen molar-refractivity contribution < 1.29 is 9.53 Å². The Labute approximate surface area is 118 Å². The van der Waals surface area contributed by atoms with E-state index in [4.69, 9.17) is 4.74 Å². The summed E-state index contributed by atoms with van der Waals surface area (Å²) in [4.78, 5) is 24.5. The van der Waals surface area contributed by atoms with Gasteiger partial charge in [0, 0.05) is 24.8 Å². The number of ether oxygens (including phenoxy) is 1. The molecule has 2 rings (SSSR count). The van der Waals surface area contributed by atoms with E-state index >= 15 is 0 Å². The quantitative estimate of drug-likeness (QED) is 0.912. The molecule has 1 aliphatic rings. The molecule has 20 heavy (non-hydrogen) atoms. The highest BCUT2D eigenvalue weighted by Crippen LogP contribution is 2.24. The van der Waals surface area contributed by atoms with Crippen molar-refractivity contribution in [3.63, 3.8) is 0 Å². The molecular weight excluding hydrogens is 256 g/mol. The SMILES string of the molecule is CCCNC(=O)c1c(OC)cc(=O)n2c1CCCCC2. The monoisotopic (exact) mass is 278 g/mol. The van der Waals surface area contributed by atoms with Gasteiger partial charge in [-0.1, -0.05) is 13.3 Å². The average molecular weight is 278 g/mol. The van der Waals surface area contributed by atoms with Gasteiger partial charge < -0.3 is 14.6 Å². The standard InChI is InChI=1S/C15H22N2O3/c1-3-8-16-15(19)14-11-7-5-4-6-9-17(11)13(18)10-12(14)20-2/h10H,3-9H2,1-2H3,(H,16,19). The van der Waals surface area contributed by atoms with Crippen molar-refractivity contribution in [2.24, 2.45) is 0 Å². The van der Waals surface area contributed by atoms with E-state index in [-0.39, 0.29) is 11.5 Å². The van der Waals surface area contributed by atoms with Gasteiger partial charge in [-0.2, -0.15) is 0 Å². The van der Waals surface area contributed by atoms with Crippen LogP contribution < -0.4 is 15.6 Å². The molecule has 5 heteroatoms. The van der Waals surface area contributed by atoms with Crippen molar-refractivity contribution in [1.29, 1.82) is 0 Å². The Morgan fingerprint density at radius 2 is 2.20 bits per heavy atom. The Morgan fingerprint density at radius 1 is 1.40 bits per heavy atom. The molecule has 0 spiro atoms. The fourth-order valence-corrected chi connectivity index (χ4v) is 2.65. The number of pyridine rings is 1. The number of nitrogens with zero attached hydrogens (tertiary/aromatic N) is 1. The zero-order valence-corrected chi connectivity index (χ0v) is 12.2. The number of carbonyl (C=O) groups is 1. The van der Waals surface area contributed by atoms with Crippen molar-refractivity contribution >= 4 is 5.91 Å². The Hall–Kier alpha value is -1.78. The van der Waals surface area contributed by atoms with E-state index in [1.165, 1.54) is 13.2 Å². The van der Waals surface area contributed by atoms with Gasteiger partial charge in [0.25, 0.3) is 11.5 Å². The topological polar surface area (TPSA) is 60.3 Å². The molecule has 1 aromatic rings. The number of amides is 1.